The molecule has 0 aromatic rings. The summed E-state index contributed by atoms with van der Waals surface area (Å²) in [6, 6.07) is 0.0155. The van der Waals surface area contributed by atoms with Gasteiger partial charge in [-0.05, 0) is 31.6 Å². The molecule has 1 fully saturated rings. The molecule has 0 radical (unpaired) electrons. The van der Waals surface area contributed by atoms with Crippen LogP contribution in [0.5, 0.6) is 0 Å². The molecule has 4 heteroatoms. The molecule has 1 amide bonds. The van der Waals surface area contributed by atoms with Gasteiger partial charge in [0, 0.05) is 24.4 Å². The van der Waals surface area contributed by atoms with Crippen molar-refractivity contribution in [2.24, 2.45) is 17.1 Å². The summed E-state index contributed by atoms with van der Waals surface area (Å²) >= 11 is 0. The Bertz CT molecular complexity index is 240. The van der Waals surface area contributed by atoms with Gasteiger partial charge in [-0.3, -0.25) is 4.79 Å². The van der Waals surface area contributed by atoms with Crippen LogP contribution >= 0.6 is 0 Å². The molecule has 1 atom stereocenters. The molecule has 100 valence electrons. The highest BCUT2D eigenvalue weighted by Gasteiger charge is 2.31. The van der Waals surface area contributed by atoms with E-state index in [1.165, 1.54) is 12.8 Å². The van der Waals surface area contributed by atoms with Crippen molar-refractivity contribution in [2.45, 2.75) is 52.0 Å². The van der Waals surface area contributed by atoms with Gasteiger partial charge in [-0.15, -0.1) is 0 Å². The summed E-state index contributed by atoms with van der Waals surface area (Å²) in [5.74, 6) is 0.574. The Morgan fingerprint density at radius 3 is 2.47 bits per heavy atom. The van der Waals surface area contributed by atoms with Gasteiger partial charge in [-0.2, -0.15) is 0 Å². The van der Waals surface area contributed by atoms with Crippen LogP contribution in [0.3, 0.4) is 0 Å². The van der Waals surface area contributed by atoms with E-state index in [1.807, 2.05) is 13.8 Å². The Morgan fingerprint density at radius 2 is 2.06 bits per heavy atom. The Hall–Kier alpha value is -0.610. The second kappa shape index (κ2) is 6.36. The molecular weight excluding hydrogens is 216 g/mol. The molecule has 1 unspecified atom stereocenters. The normalized spacial score (nSPS) is 17.9. The maximum Gasteiger partial charge on any atom is 0.221 e. The fourth-order valence-electron chi connectivity index (χ4n) is 2.04. The summed E-state index contributed by atoms with van der Waals surface area (Å²) in [6.45, 7) is 4.76. The lowest BCUT2D eigenvalue weighted by Crippen LogP contribution is -2.41. The van der Waals surface area contributed by atoms with Gasteiger partial charge >= 0.3 is 0 Å². The molecule has 0 aromatic heterocycles. The van der Waals surface area contributed by atoms with Crippen LogP contribution in [0.25, 0.3) is 0 Å². The zero-order valence-electron chi connectivity index (χ0n) is 11.0. The summed E-state index contributed by atoms with van der Waals surface area (Å²) < 4.78 is 0. The number of rotatable bonds is 8. The zero-order valence-corrected chi connectivity index (χ0v) is 11.0. The van der Waals surface area contributed by atoms with Crippen LogP contribution in [0.2, 0.25) is 0 Å². The molecule has 0 saturated heterocycles. The van der Waals surface area contributed by atoms with Crippen molar-refractivity contribution < 1.29 is 9.90 Å². The third-order valence-corrected chi connectivity index (χ3v) is 4.14. The minimum absolute atomic E-state index is 0.0155. The minimum Gasteiger partial charge on any atom is -0.396 e. The average molecular weight is 242 g/mol. The lowest BCUT2D eigenvalue weighted by atomic mass is 9.83. The van der Waals surface area contributed by atoms with E-state index >= 15 is 0 Å². The summed E-state index contributed by atoms with van der Waals surface area (Å²) in [5, 5.41) is 12.3. The van der Waals surface area contributed by atoms with E-state index in [2.05, 4.69) is 5.32 Å². The van der Waals surface area contributed by atoms with E-state index in [0.717, 1.165) is 12.8 Å². The third-order valence-electron chi connectivity index (χ3n) is 4.14. The molecule has 0 aliphatic heterocycles. The number of nitrogens with one attached hydrogen (secondary N) is 1. The molecule has 4 N–H and O–H groups in total. The van der Waals surface area contributed by atoms with E-state index in [-0.39, 0.29) is 24.0 Å². The maximum atomic E-state index is 11.7. The minimum atomic E-state index is -0.167. The van der Waals surface area contributed by atoms with Crippen LogP contribution in [-0.4, -0.2) is 30.2 Å². The van der Waals surface area contributed by atoms with Crippen molar-refractivity contribution >= 4 is 5.91 Å². The lowest BCUT2D eigenvalue weighted by molar-refractivity contribution is -0.122. The number of aliphatic hydroxyl groups is 1. The zero-order chi connectivity index (χ0) is 12.9. The van der Waals surface area contributed by atoms with E-state index in [9.17, 15) is 9.90 Å². The second-order valence-electron chi connectivity index (χ2n) is 5.35. The van der Waals surface area contributed by atoms with E-state index in [1.54, 1.807) is 0 Å². The Morgan fingerprint density at radius 1 is 1.47 bits per heavy atom. The fraction of sp³-hybridized carbons (Fsp3) is 0.923. The highest BCUT2D eigenvalue weighted by Crippen LogP contribution is 2.32. The van der Waals surface area contributed by atoms with Crippen LogP contribution < -0.4 is 11.1 Å². The number of carbonyl (C=O) groups is 1. The van der Waals surface area contributed by atoms with Gasteiger partial charge in [0.2, 0.25) is 5.91 Å². The lowest BCUT2D eigenvalue weighted by Gasteiger charge is -2.29. The van der Waals surface area contributed by atoms with Crippen molar-refractivity contribution in [3.05, 3.63) is 0 Å². The molecule has 1 aliphatic carbocycles. The first-order valence-electron chi connectivity index (χ1n) is 6.70. The summed E-state index contributed by atoms with van der Waals surface area (Å²) in [7, 11) is 0. The molecule has 1 rings (SSSR count). The highest BCUT2D eigenvalue weighted by molar-refractivity contribution is 5.76. The third kappa shape index (κ3) is 4.28. The Labute approximate surface area is 104 Å². The number of hydrogen-bond acceptors (Lipinski definition) is 3. The number of nitrogens with two attached hydrogens (primary N) is 1. The first-order chi connectivity index (χ1) is 8.06. The van der Waals surface area contributed by atoms with Gasteiger partial charge in [-0.1, -0.05) is 13.8 Å². The summed E-state index contributed by atoms with van der Waals surface area (Å²) in [6.07, 6.45) is 4.49. The van der Waals surface area contributed by atoms with E-state index in [4.69, 9.17) is 5.73 Å². The van der Waals surface area contributed by atoms with Crippen molar-refractivity contribution in [3.63, 3.8) is 0 Å². The molecule has 17 heavy (non-hydrogen) atoms. The molecule has 0 bridgehead atoms. The molecule has 1 saturated carbocycles. The largest absolute Gasteiger partial charge is 0.396 e. The molecule has 0 spiro atoms. The van der Waals surface area contributed by atoms with Crippen LogP contribution in [0.1, 0.15) is 46.0 Å². The van der Waals surface area contributed by atoms with Crippen molar-refractivity contribution in [3.8, 4) is 0 Å². The van der Waals surface area contributed by atoms with Crippen LogP contribution in [0.4, 0.5) is 0 Å². The second-order valence-corrected chi connectivity index (χ2v) is 5.35. The Kier molecular flexibility index (Phi) is 5.40. The monoisotopic (exact) mass is 242 g/mol. The van der Waals surface area contributed by atoms with Crippen LogP contribution in [0.15, 0.2) is 0 Å². The molecule has 4 nitrogen and oxygen atoms in total. The maximum absolute atomic E-state index is 11.7. The number of aliphatic hydroxyl groups excluding tert-OH is 1. The number of carbonyl (C=O) groups excluding carboxylic acids is 1. The van der Waals surface area contributed by atoms with Crippen molar-refractivity contribution in [1.29, 1.82) is 0 Å². The van der Waals surface area contributed by atoms with Gasteiger partial charge in [0.05, 0.1) is 6.61 Å². The van der Waals surface area contributed by atoms with Gasteiger partial charge in [0.15, 0.2) is 0 Å². The predicted octanol–water partition coefficient (Wildman–Crippen LogP) is 1.03. The van der Waals surface area contributed by atoms with Crippen LogP contribution in [0, 0.1) is 11.3 Å². The summed E-state index contributed by atoms with van der Waals surface area (Å²) in [5.41, 5.74) is 5.74. The van der Waals surface area contributed by atoms with E-state index in [0.29, 0.717) is 18.9 Å². The van der Waals surface area contributed by atoms with Crippen molar-refractivity contribution in [2.75, 3.05) is 13.2 Å². The van der Waals surface area contributed by atoms with Gasteiger partial charge in [0.25, 0.3) is 0 Å². The Balaban J connectivity index is 2.30. The molecule has 0 aromatic carbocycles. The molecule has 1 aliphatic rings. The SMILES string of the molecule is CCC(CC)(CO)CNC(=O)CC(N)C1CC1. The average Bonchev–Trinajstić information content (AvgIpc) is 3.15. The number of hydrogen-bond donors (Lipinski definition) is 3. The van der Waals surface area contributed by atoms with Gasteiger partial charge in [0.1, 0.15) is 0 Å². The van der Waals surface area contributed by atoms with Crippen LogP contribution in [-0.2, 0) is 4.79 Å². The predicted molar refractivity (Wildman–Crippen MR) is 68.4 cm³/mol. The topological polar surface area (TPSA) is 75.3 Å². The van der Waals surface area contributed by atoms with Gasteiger partial charge in [-0.25, -0.2) is 0 Å². The fourth-order valence-corrected chi connectivity index (χ4v) is 2.04. The molecule has 0 heterocycles. The van der Waals surface area contributed by atoms with Crippen molar-refractivity contribution in [1.82, 2.24) is 5.32 Å². The molecular formula is C13H26N2O2. The first kappa shape index (κ1) is 14.5. The quantitative estimate of drug-likeness (QED) is 0.595. The smallest absolute Gasteiger partial charge is 0.221 e. The summed E-state index contributed by atoms with van der Waals surface area (Å²) in [4.78, 5) is 11.7. The number of amides is 1. The highest BCUT2D eigenvalue weighted by atomic mass is 16.3. The van der Waals surface area contributed by atoms with E-state index < -0.39 is 0 Å². The first-order valence-corrected chi connectivity index (χ1v) is 6.70. The van der Waals surface area contributed by atoms with Gasteiger partial charge < -0.3 is 16.2 Å². The standard InChI is InChI=1S/C13H26N2O2/c1-3-13(4-2,9-16)8-15-12(17)7-11(14)10-5-6-10/h10-11,16H,3-9,14H2,1-2H3,(H,15,17).